The van der Waals surface area contributed by atoms with Gasteiger partial charge in [-0.15, -0.1) is 6.58 Å². The van der Waals surface area contributed by atoms with E-state index in [1.807, 2.05) is 6.08 Å². The van der Waals surface area contributed by atoms with Crippen molar-refractivity contribution in [2.75, 3.05) is 39.5 Å². The van der Waals surface area contributed by atoms with Gasteiger partial charge in [0, 0.05) is 19.1 Å². The minimum atomic E-state index is 0.340. The molecule has 0 saturated heterocycles. The highest BCUT2D eigenvalue weighted by molar-refractivity contribution is 4.80. The van der Waals surface area contributed by atoms with E-state index >= 15 is 0 Å². The average molecular weight is 202 g/mol. The number of rotatable bonds is 10. The minimum absolute atomic E-state index is 0.340. The number of nitrogens with one attached hydrogen (secondary N) is 1. The fourth-order valence-corrected chi connectivity index (χ4v) is 0.847. The summed E-state index contributed by atoms with van der Waals surface area (Å²) in [6.45, 7) is 9.69. The Balaban J connectivity index is 2.95. The Labute approximate surface area is 86.5 Å². The highest BCUT2D eigenvalue weighted by Crippen LogP contribution is 1.81. The van der Waals surface area contributed by atoms with Gasteiger partial charge in [-0.05, 0) is 6.92 Å². The first-order chi connectivity index (χ1) is 6.81. The van der Waals surface area contributed by atoms with Crippen LogP contribution >= 0.6 is 0 Å². The fraction of sp³-hybridized carbons (Fsp3) is 0.800. The van der Waals surface area contributed by atoms with E-state index < -0.39 is 0 Å². The number of hydrogen-bond acceptors (Lipinski definition) is 4. The molecule has 0 aliphatic carbocycles. The predicted molar refractivity (Wildman–Crippen MR) is 58.4 cm³/mol. The Hall–Kier alpha value is -0.420. The molecule has 84 valence electrons. The van der Waals surface area contributed by atoms with E-state index in [1.54, 1.807) is 0 Å². The molecule has 0 rings (SSSR count). The van der Waals surface area contributed by atoms with Gasteiger partial charge in [-0.2, -0.15) is 0 Å². The highest BCUT2D eigenvalue weighted by atomic mass is 16.5. The molecular weight excluding hydrogens is 180 g/mol. The zero-order valence-corrected chi connectivity index (χ0v) is 9.00. The molecule has 0 spiro atoms. The minimum Gasteiger partial charge on any atom is -0.378 e. The smallest absolute Gasteiger partial charge is 0.0701 e. The van der Waals surface area contributed by atoms with Crippen molar-refractivity contribution in [1.82, 2.24) is 5.32 Å². The SMILES string of the molecule is C=CC(C)NCCOCCOCCN. The van der Waals surface area contributed by atoms with E-state index in [-0.39, 0.29) is 0 Å². The highest BCUT2D eigenvalue weighted by Gasteiger charge is 1.93. The molecule has 4 nitrogen and oxygen atoms in total. The Morgan fingerprint density at radius 1 is 1.29 bits per heavy atom. The Morgan fingerprint density at radius 3 is 2.50 bits per heavy atom. The molecule has 0 aliphatic heterocycles. The van der Waals surface area contributed by atoms with Crippen LogP contribution in [0.25, 0.3) is 0 Å². The van der Waals surface area contributed by atoms with Crippen molar-refractivity contribution in [3.63, 3.8) is 0 Å². The average Bonchev–Trinajstić information content (AvgIpc) is 2.21. The zero-order chi connectivity index (χ0) is 10.6. The first kappa shape index (κ1) is 13.6. The van der Waals surface area contributed by atoms with Gasteiger partial charge in [0.2, 0.25) is 0 Å². The summed E-state index contributed by atoms with van der Waals surface area (Å²) in [6, 6.07) is 0.340. The molecule has 4 heteroatoms. The molecule has 0 fully saturated rings. The van der Waals surface area contributed by atoms with Gasteiger partial charge in [0.05, 0.1) is 26.4 Å². The number of hydrogen-bond donors (Lipinski definition) is 2. The Bertz CT molecular complexity index is 131. The molecule has 1 unspecified atom stereocenters. The van der Waals surface area contributed by atoms with Crippen LogP contribution in [0, 0.1) is 0 Å². The maximum absolute atomic E-state index is 5.31. The quantitative estimate of drug-likeness (QED) is 0.391. The second kappa shape index (κ2) is 10.7. The third kappa shape index (κ3) is 9.67. The second-order valence-electron chi connectivity index (χ2n) is 2.99. The lowest BCUT2D eigenvalue weighted by Crippen LogP contribution is -2.28. The van der Waals surface area contributed by atoms with E-state index in [0.29, 0.717) is 39.0 Å². The van der Waals surface area contributed by atoms with Gasteiger partial charge in [-0.3, -0.25) is 0 Å². The Kier molecular flexibility index (Phi) is 10.3. The van der Waals surface area contributed by atoms with Crippen LogP contribution in [0.15, 0.2) is 12.7 Å². The molecule has 0 aliphatic rings. The molecule has 0 heterocycles. The molecule has 3 N–H and O–H groups in total. The largest absolute Gasteiger partial charge is 0.378 e. The summed E-state index contributed by atoms with van der Waals surface area (Å²) in [5.41, 5.74) is 5.25. The number of nitrogens with two attached hydrogens (primary N) is 1. The summed E-state index contributed by atoms with van der Waals surface area (Å²) >= 11 is 0. The van der Waals surface area contributed by atoms with Gasteiger partial charge in [-0.25, -0.2) is 0 Å². The van der Waals surface area contributed by atoms with Gasteiger partial charge in [0.1, 0.15) is 0 Å². The third-order valence-electron chi connectivity index (χ3n) is 1.70. The Morgan fingerprint density at radius 2 is 1.93 bits per heavy atom. The predicted octanol–water partition coefficient (Wildman–Crippen LogP) is 0.142. The molecule has 0 aromatic carbocycles. The van der Waals surface area contributed by atoms with E-state index in [2.05, 4.69) is 18.8 Å². The summed E-state index contributed by atoms with van der Waals surface area (Å²) in [4.78, 5) is 0. The normalized spacial score (nSPS) is 12.7. The zero-order valence-electron chi connectivity index (χ0n) is 9.00. The molecule has 0 amide bonds. The van der Waals surface area contributed by atoms with Crippen molar-refractivity contribution in [1.29, 1.82) is 0 Å². The molecule has 0 saturated carbocycles. The van der Waals surface area contributed by atoms with Crippen molar-refractivity contribution in [3.8, 4) is 0 Å². The van der Waals surface area contributed by atoms with Crippen molar-refractivity contribution in [2.24, 2.45) is 5.73 Å². The van der Waals surface area contributed by atoms with Crippen LogP contribution in [0.1, 0.15) is 6.92 Å². The maximum atomic E-state index is 5.31. The van der Waals surface area contributed by atoms with Crippen molar-refractivity contribution in [3.05, 3.63) is 12.7 Å². The number of ether oxygens (including phenoxy) is 2. The van der Waals surface area contributed by atoms with Crippen molar-refractivity contribution >= 4 is 0 Å². The summed E-state index contributed by atoms with van der Waals surface area (Å²) in [7, 11) is 0. The van der Waals surface area contributed by atoms with Crippen LogP contribution in [0.4, 0.5) is 0 Å². The van der Waals surface area contributed by atoms with Gasteiger partial charge >= 0.3 is 0 Å². The van der Waals surface area contributed by atoms with Crippen LogP contribution < -0.4 is 11.1 Å². The second-order valence-corrected chi connectivity index (χ2v) is 2.99. The topological polar surface area (TPSA) is 56.5 Å². The van der Waals surface area contributed by atoms with E-state index in [0.717, 1.165) is 6.54 Å². The molecular formula is C10H22N2O2. The van der Waals surface area contributed by atoms with Crippen LogP contribution in [-0.2, 0) is 9.47 Å². The van der Waals surface area contributed by atoms with Crippen molar-refractivity contribution < 1.29 is 9.47 Å². The van der Waals surface area contributed by atoms with Gasteiger partial charge in [0.25, 0.3) is 0 Å². The molecule has 0 aromatic heterocycles. The van der Waals surface area contributed by atoms with Crippen LogP contribution in [-0.4, -0.2) is 45.6 Å². The summed E-state index contributed by atoms with van der Waals surface area (Å²) in [6.07, 6.45) is 1.87. The van der Waals surface area contributed by atoms with Gasteiger partial charge in [0.15, 0.2) is 0 Å². The molecule has 0 aromatic rings. The van der Waals surface area contributed by atoms with E-state index in [4.69, 9.17) is 15.2 Å². The van der Waals surface area contributed by atoms with Crippen LogP contribution in [0.5, 0.6) is 0 Å². The molecule has 0 bridgehead atoms. The first-order valence-electron chi connectivity index (χ1n) is 5.02. The molecule has 14 heavy (non-hydrogen) atoms. The van der Waals surface area contributed by atoms with Gasteiger partial charge in [-0.1, -0.05) is 6.08 Å². The molecule has 0 radical (unpaired) electrons. The molecule has 1 atom stereocenters. The van der Waals surface area contributed by atoms with E-state index in [9.17, 15) is 0 Å². The van der Waals surface area contributed by atoms with Crippen LogP contribution in [0.2, 0.25) is 0 Å². The first-order valence-corrected chi connectivity index (χ1v) is 5.02. The van der Waals surface area contributed by atoms with Crippen LogP contribution in [0.3, 0.4) is 0 Å². The lowest BCUT2D eigenvalue weighted by molar-refractivity contribution is 0.0516. The van der Waals surface area contributed by atoms with Gasteiger partial charge < -0.3 is 20.5 Å². The lowest BCUT2D eigenvalue weighted by Gasteiger charge is -2.09. The summed E-state index contributed by atoms with van der Waals surface area (Å²) < 4.78 is 10.5. The van der Waals surface area contributed by atoms with Crippen molar-refractivity contribution in [2.45, 2.75) is 13.0 Å². The maximum Gasteiger partial charge on any atom is 0.0701 e. The fourth-order valence-electron chi connectivity index (χ4n) is 0.847. The summed E-state index contributed by atoms with van der Waals surface area (Å²) in [5.74, 6) is 0. The summed E-state index contributed by atoms with van der Waals surface area (Å²) in [5, 5.41) is 3.23. The standard InChI is InChI=1S/C10H22N2O2/c1-3-10(2)12-5-7-14-9-8-13-6-4-11/h3,10,12H,1,4-9,11H2,2H3. The van der Waals surface area contributed by atoms with E-state index in [1.165, 1.54) is 0 Å². The monoisotopic (exact) mass is 202 g/mol. The lowest BCUT2D eigenvalue weighted by atomic mass is 10.3. The third-order valence-corrected chi connectivity index (χ3v) is 1.70.